The quantitative estimate of drug-likeness (QED) is 0.645. The monoisotopic (exact) mass is 422 g/mol. The van der Waals surface area contributed by atoms with Gasteiger partial charge in [-0.3, -0.25) is 4.79 Å². The number of amides is 1. The van der Waals surface area contributed by atoms with Gasteiger partial charge in [0.1, 0.15) is 11.9 Å². The Kier molecular flexibility index (Phi) is 7.54. The van der Waals surface area contributed by atoms with Crippen molar-refractivity contribution in [3.63, 3.8) is 0 Å². The lowest BCUT2D eigenvalue weighted by Crippen LogP contribution is -2.30. The Bertz CT molecular complexity index is 938. The summed E-state index contributed by atoms with van der Waals surface area (Å²) in [5.41, 5.74) is -0.0252. The first-order valence-corrected chi connectivity index (χ1v) is 10.3. The van der Waals surface area contributed by atoms with Crippen molar-refractivity contribution in [1.82, 2.24) is 9.71 Å². The standard InChI is InChI=1S/C19H22N2O7S/c1-4-14(5-2)27-19(23)28-17-11-6-13(12-20-17)18(22)21-29(24,25)16-9-7-15(26-3)8-10-16/h6-12,14H,4-5H2,1-3H3,(H,21,22). The largest absolute Gasteiger partial charge is 0.515 e. The average Bonchev–Trinajstić information content (AvgIpc) is 2.72. The van der Waals surface area contributed by atoms with Gasteiger partial charge in [0.05, 0.1) is 17.6 Å². The molecule has 0 unspecified atom stereocenters. The minimum atomic E-state index is -4.07. The van der Waals surface area contributed by atoms with E-state index in [0.29, 0.717) is 18.6 Å². The zero-order chi connectivity index (χ0) is 21.4. The Hall–Kier alpha value is -3.14. The van der Waals surface area contributed by atoms with Gasteiger partial charge in [0.15, 0.2) is 0 Å². The SMILES string of the molecule is CCC(CC)OC(=O)Oc1ccc(C(=O)NS(=O)(=O)c2ccc(OC)cc2)cn1. The topological polar surface area (TPSA) is 121 Å². The van der Waals surface area contributed by atoms with Crippen molar-refractivity contribution in [2.75, 3.05) is 7.11 Å². The van der Waals surface area contributed by atoms with E-state index in [1.807, 2.05) is 18.6 Å². The van der Waals surface area contributed by atoms with E-state index in [0.717, 1.165) is 6.20 Å². The molecule has 2 aromatic rings. The molecule has 0 saturated carbocycles. The van der Waals surface area contributed by atoms with E-state index in [1.165, 1.54) is 43.5 Å². The summed E-state index contributed by atoms with van der Waals surface area (Å²) in [5.74, 6) is -0.465. The molecule has 0 spiro atoms. The number of hydrogen-bond acceptors (Lipinski definition) is 8. The van der Waals surface area contributed by atoms with Gasteiger partial charge in [0, 0.05) is 12.3 Å². The molecule has 0 bridgehead atoms. The van der Waals surface area contributed by atoms with Crippen LogP contribution in [-0.4, -0.2) is 38.7 Å². The maximum absolute atomic E-state index is 12.3. The maximum atomic E-state index is 12.3. The first kappa shape index (κ1) is 22.2. The summed E-state index contributed by atoms with van der Waals surface area (Å²) in [4.78, 5) is 27.7. The van der Waals surface area contributed by atoms with E-state index < -0.39 is 22.1 Å². The Morgan fingerprint density at radius 2 is 1.72 bits per heavy atom. The van der Waals surface area contributed by atoms with Gasteiger partial charge >= 0.3 is 6.16 Å². The van der Waals surface area contributed by atoms with E-state index in [-0.39, 0.29) is 22.4 Å². The summed E-state index contributed by atoms with van der Waals surface area (Å²) in [6, 6.07) is 8.11. The van der Waals surface area contributed by atoms with Crippen LogP contribution in [0.2, 0.25) is 0 Å². The van der Waals surface area contributed by atoms with E-state index in [9.17, 15) is 18.0 Å². The first-order valence-electron chi connectivity index (χ1n) is 8.84. The highest BCUT2D eigenvalue weighted by atomic mass is 32.2. The van der Waals surface area contributed by atoms with Gasteiger partial charge in [0.25, 0.3) is 15.9 Å². The molecular formula is C19H22N2O7S. The smallest absolute Gasteiger partial charge is 0.497 e. The van der Waals surface area contributed by atoms with Crippen LogP contribution >= 0.6 is 0 Å². The number of nitrogens with zero attached hydrogens (tertiary/aromatic N) is 1. The molecule has 10 heteroatoms. The molecule has 0 aliphatic heterocycles. The van der Waals surface area contributed by atoms with Crippen molar-refractivity contribution in [1.29, 1.82) is 0 Å². The van der Waals surface area contributed by atoms with E-state index in [4.69, 9.17) is 14.2 Å². The minimum Gasteiger partial charge on any atom is -0.497 e. The third kappa shape index (κ3) is 6.18. The summed E-state index contributed by atoms with van der Waals surface area (Å²) in [7, 11) is -2.61. The van der Waals surface area contributed by atoms with E-state index in [1.54, 1.807) is 0 Å². The predicted octanol–water partition coefficient (Wildman–Crippen LogP) is 2.91. The fourth-order valence-corrected chi connectivity index (χ4v) is 3.24. The number of nitrogens with one attached hydrogen (secondary N) is 1. The third-order valence-electron chi connectivity index (χ3n) is 3.96. The molecule has 1 heterocycles. The molecule has 0 atom stereocenters. The van der Waals surface area contributed by atoms with Gasteiger partial charge in [-0.05, 0) is 43.2 Å². The Balaban J connectivity index is 2.01. The molecule has 2 rings (SSSR count). The van der Waals surface area contributed by atoms with Crippen molar-refractivity contribution in [3.8, 4) is 11.6 Å². The summed E-state index contributed by atoms with van der Waals surface area (Å²) >= 11 is 0. The second-order valence-corrected chi connectivity index (χ2v) is 7.59. The van der Waals surface area contributed by atoms with Crippen LogP contribution < -0.4 is 14.2 Å². The molecule has 1 aromatic heterocycles. The predicted molar refractivity (Wildman–Crippen MR) is 103 cm³/mol. The summed E-state index contributed by atoms with van der Waals surface area (Å²) in [6.07, 6.45) is 1.25. The highest BCUT2D eigenvalue weighted by Crippen LogP contribution is 2.16. The number of aromatic nitrogens is 1. The van der Waals surface area contributed by atoms with Crippen LogP contribution in [0.15, 0.2) is 47.5 Å². The normalized spacial score (nSPS) is 11.0. The second-order valence-electron chi connectivity index (χ2n) is 5.90. The van der Waals surface area contributed by atoms with Gasteiger partial charge in [0.2, 0.25) is 5.88 Å². The number of carbonyl (C=O) groups is 2. The Morgan fingerprint density at radius 1 is 1.07 bits per heavy atom. The van der Waals surface area contributed by atoms with Gasteiger partial charge in [-0.1, -0.05) is 13.8 Å². The fourth-order valence-electron chi connectivity index (χ4n) is 2.27. The van der Waals surface area contributed by atoms with Crippen LogP contribution in [0.5, 0.6) is 11.6 Å². The van der Waals surface area contributed by atoms with Crippen LogP contribution in [0.4, 0.5) is 4.79 Å². The minimum absolute atomic E-state index is 0.0252. The van der Waals surface area contributed by atoms with Crippen LogP contribution in [-0.2, 0) is 14.8 Å². The van der Waals surface area contributed by atoms with Gasteiger partial charge < -0.3 is 14.2 Å². The number of carbonyl (C=O) groups excluding carboxylic acids is 2. The van der Waals surface area contributed by atoms with E-state index >= 15 is 0 Å². The molecule has 0 fully saturated rings. The summed E-state index contributed by atoms with van der Waals surface area (Å²) < 4.78 is 41.6. The van der Waals surface area contributed by atoms with Crippen molar-refractivity contribution >= 4 is 22.1 Å². The highest BCUT2D eigenvalue weighted by molar-refractivity contribution is 7.90. The fraction of sp³-hybridized carbons (Fsp3) is 0.316. The van der Waals surface area contributed by atoms with Crippen molar-refractivity contribution < 1.29 is 32.2 Å². The van der Waals surface area contributed by atoms with E-state index in [2.05, 4.69) is 4.98 Å². The molecular weight excluding hydrogens is 400 g/mol. The Morgan fingerprint density at radius 3 is 2.24 bits per heavy atom. The molecule has 29 heavy (non-hydrogen) atoms. The summed E-state index contributed by atoms with van der Waals surface area (Å²) in [6.45, 7) is 3.76. The number of sulfonamides is 1. The van der Waals surface area contributed by atoms with Crippen LogP contribution in [0.3, 0.4) is 0 Å². The molecule has 0 aliphatic carbocycles. The van der Waals surface area contributed by atoms with Crippen LogP contribution in [0.25, 0.3) is 0 Å². The van der Waals surface area contributed by atoms with Crippen molar-refractivity contribution in [3.05, 3.63) is 48.2 Å². The summed E-state index contributed by atoms with van der Waals surface area (Å²) in [5, 5.41) is 0. The maximum Gasteiger partial charge on any atom is 0.515 e. The van der Waals surface area contributed by atoms with Gasteiger partial charge in [-0.2, -0.15) is 0 Å². The van der Waals surface area contributed by atoms with Gasteiger partial charge in [-0.25, -0.2) is 22.9 Å². The van der Waals surface area contributed by atoms with Crippen LogP contribution in [0.1, 0.15) is 37.0 Å². The van der Waals surface area contributed by atoms with Crippen molar-refractivity contribution in [2.24, 2.45) is 0 Å². The van der Waals surface area contributed by atoms with Crippen molar-refractivity contribution in [2.45, 2.75) is 37.7 Å². The lowest BCUT2D eigenvalue weighted by molar-refractivity contribution is 0.0538. The third-order valence-corrected chi connectivity index (χ3v) is 5.30. The number of benzene rings is 1. The number of ether oxygens (including phenoxy) is 3. The number of pyridine rings is 1. The number of hydrogen-bond donors (Lipinski definition) is 1. The number of rotatable bonds is 8. The highest BCUT2D eigenvalue weighted by Gasteiger charge is 2.20. The number of methoxy groups -OCH3 is 1. The lowest BCUT2D eigenvalue weighted by Gasteiger charge is -2.13. The zero-order valence-electron chi connectivity index (χ0n) is 16.2. The molecule has 1 aromatic carbocycles. The average molecular weight is 422 g/mol. The van der Waals surface area contributed by atoms with Gasteiger partial charge in [-0.15, -0.1) is 0 Å². The second kappa shape index (κ2) is 9.87. The molecule has 9 nitrogen and oxygen atoms in total. The molecule has 0 aliphatic rings. The molecule has 0 saturated heterocycles. The lowest BCUT2D eigenvalue weighted by atomic mass is 10.2. The molecule has 1 N–H and O–H groups in total. The molecule has 0 radical (unpaired) electrons. The molecule has 156 valence electrons. The Labute approximate surface area is 169 Å². The molecule has 1 amide bonds. The van der Waals surface area contributed by atoms with Crippen LogP contribution in [0, 0.1) is 0 Å². The first-order chi connectivity index (χ1) is 13.8. The zero-order valence-corrected chi connectivity index (χ0v) is 17.1.